The Bertz CT molecular complexity index is 1130. The molecule has 156 valence electrons. The summed E-state index contributed by atoms with van der Waals surface area (Å²) in [5.74, 6) is -5.27. The summed E-state index contributed by atoms with van der Waals surface area (Å²) < 4.78 is 31.5. The molecule has 0 atom stereocenters. The molecule has 1 aromatic carbocycles. The summed E-state index contributed by atoms with van der Waals surface area (Å²) in [5.41, 5.74) is -0.434. The first kappa shape index (κ1) is 20.9. The van der Waals surface area contributed by atoms with Crippen LogP contribution in [0.4, 0.5) is 14.6 Å². The van der Waals surface area contributed by atoms with Crippen LogP contribution in [0.25, 0.3) is 0 Å². The predicted octanol–water partition coefficient (Wildman–Crippen LogP) is 1.53. The Morgan fingerprint density at radius 1 is 1.10 bits per heavy atom. The minimum atomic E-state index is -1.25. The molecule has 2 aromatic heterocycles. The van der Waals surface area contributed by atoms with Gasteiger partial charge in [0.05, 0.1) is 17.1 Å². The number of carboxylic acid groups (broad SMARTS) is 1. The fraction of sp³-hybridized carbons (Fsp3) is 0.125. The van der Waals surface area contributed by atoms with Crippen LogP contribution in [0.15, 0.2) is 22.6 Å². The number of aromatic amines is 1. The van der Waals surface area contributed by atoms with E-state index in [0.29, 0.717) is 12.1 Å². The smallest absolute Gasteiger partial charge is 0.312 e. The van der Waals surface area contributed by atoms with Gasteiger partial charge in [-0.05, 0) is 12.1 Å². The molecule has 0 saturated carbocycles. The first-order valence-electron chi connectivity index (χ1n) is 8.05. The lowest BCUT2D eigenvalue weighted by Gasteiger charge is -2.05. The number of nitrogens with one attached hydrogen (secondary N) is 3. The topological polar surface area (TPSA) is 163 Å². The van der Waals surface area contributed by atoms with Crippen molar-refractivity contribution in [2.45, 2.75) is 13.0 Å². The Hall–Kier alpha value is -3.87. The van der Waals surface area contributed by atoms with Crippen LogP contribution < -0.4 is 10.6 Å². The Morgan fingerprint density at radius 2 is 1.80 bits per heavy atom. The van der Waals surface area contributed by atoms with E-state index >= 15 is 0 Å². The van der Waals surface area contributed by atoms with Gasteiger partial charge in [0.15, 0.2) is 17.3 Å². The Kier molecular flexibility index (Phi) is 6.01. The molecule has 0 aliphatic heterocycles. The number of hydrogen-bond acceptors (Lipinski definition) is 7. The number of rotatable bonds is 7. The van der Waals surface area contributed by atoms with Crippen LogP contribution in [0.1, 0.15) is 32.6 Å². The second-order valence-electron chi connectivity index (χ2n) is 5.71. The number of benzene rings is 1. The zero-order chi connectivity index (χ0) is 21.8. The summed E-state index contributed by atoms with van der Waals surface area (Å²) in [5, 5.41) is 26.3. The first-order chi connectivity index (χ1) is 14.2. The number of aromatic nitrogens is 4. The number of carboxylic acids is 1. The number of halogens is 3. The van der Waals surface area contributed by atoms with E-state index in [1.807, 2.05) is 0 Å². The zero-order valence-corrected chi connectivity index (χ0v) is 15.5. The van der Waals surface area contributed by atoms with Crippen molar-refractivity contribution in [2.75, 3.05) is 5.32 Å². The molecule has 4 N–H and O–H groups in total. The van der Waals surface area contributed by atoms with E-state index in [1.54, 1.807) is 0 Å². The maximum atomic E-state index is 13.3. The van der Waals surface area contributed by atoms with Gasteiger partial charge in [-0.2, -0.15) is 5.10 Å². The molecule has 0 radical (unpaired) electrons. The molecular formula is C16H11ClF2N6O5. The van der Waals surface area contributed by atoms with E-state index in [9.17, 15) is 23.2 Å². The molecular weight excluding hydrogens is 430 g/mol. The summed E-state index contributed by atoms with van der Waals surface area (Å²) >= 11 is 5.74. The number of amides is 2. The van der Waals surface area contributed by atoms with Gasteiger partial charge in [-0.25, -0.2) is 8.78 Å². The van der Waals surface area contributed by atoms with Crippen LogP contribution in [0.3, 0.4) is 0 Å². The van der Waals surface area contributed by atoms with Crippen LogP contribution in [-0.4, -0.2) is 43.3 Å². The Balaban J connectivity index is 1.59. The fourth-order valence-corrected chi connectivity index (χ4v) is 2.43. The van der Waals surface area contributed by atoms with Crippen molar-refractivity contribution in [3.8, 4) is 0 Å². The van der Waals surface area contributed by atoms with Gasteiger partial charge in [-0.1, -0.05) is 11.6 Å². The standard InChI is InChI=1S/C16H11ClF2N6O5/c17-7-2-9(19)8(18)1-6(7)15(28)21-11-3-10(22-23-11)16(29)20-5-13-25-24-12(30-13)4-14(26)27/h1-3H,4-5H2,(H,20,29)(H,26,27)(H2,21,22,23,28). The minimum Gasteiger partial charge on any atom is -0.481 e. The van der Waals surface area contributed by atoms with E-state index in [1.165, 1.54) is 6.07 Å². The van der Waals surface area contributed by atoms with Crippen molar-refractivity contribution < 1.29 is 32.7 Å². The van der Waals surface area contributed by atoms with Crippen molar-refractivity contribution in [3.05, 3.63) is 57.9 Å². The van der Waals surface area contributed by atoms with Crippen molar-refractivity contribution in [2.24, 2.45) is 0 Å². The third-order valence-electron chi connectivity index (χ3n) is 3.52. The lowest BCUT2D eigenvalue weighted by Crippen LogP contribution is -2.23. The van der Waals surface area contributed by atoms with Crippen LogP contribution in [0.2, 0.25) is 5.02 Å². The van der Waals surface area contributed by atoms with Gasteiger partial charge in [0.1, 0.15) is 12.2 Å². The largest absolute Gasteiger partial charge is 0.481 e. The van der Waals surface area contributed by atoms with Gasteiger partial charge >= 0.3 is 5.97 Å². The SMILES string of the molecule is O=C(O)Cc1nnc(CNC(=O)c2cc(NC(=O)c3cc(F)c(F)cc3Cl)[nH]n2)o1. The second-order valence-corrected chi connectivity index (χ2v) is 6.12. The summed E-state index contributed by atoms with van der Waals surface area (Å²) in [6.45, 7) is -0.190. The summed E-state index contributed by atoms with van der Waals surface area (Å²) in [7, 11) is 0. The third-order valence-corrected chi connectivity index (χ3v) is 3.84. The first-order valence-corrected chi connectivity index (χ1v) is 8.43. The van der Waals surface area contributed by atoms with Crippen LogP contribution >= 0.6 is 11.6 Å². The van der Waals surface area contributed by atoms with Gasteiger partial charge in [0.25, 0.3) is 11.8 Å². The second kappa shape index (κ2) is 8.65. The predicted molar refractivity (Wildman–Crippen MR) is 94.7 cm³/mol. The highest BCUT2D eigenvalue weighted by Crippen LogP contribution is 2.21. The number of carbonyl (C=O) groups excluding carboxylic acids is 2. The molecule has 0 bridgehead atoms. The Labute approximate surface area is 170 Å². The number of hydrogen-bond donors (Lipinski definition) is 4. The molecule has 2 heterocycles. The average Bonchev–Trinajstić information content (AvgIpc) is 3.31. The molecule has 14 heteroatoms. The van der Waals surface area contributed by atoms with E-state index in [4.69, 9.17) is 21.1 Å². The monoisotopic (exact) mass is 440 g/mol. The maximum Gasteiger partial charge on any atom is 0.312 e. The highest BCUT2D eigenvalue weighted by molar-refractivity contribution is 6.34. The molecule has 3 aromatic rings. The number of aliphatic carboxylic acids is 1. The average molecular weight is 441 g/mol. The lowest BCUT2D eigenvalue weighted by molar-refractivity contribution is -0.136. The number of anilines is 1. The van der Waals surface area contributed by atoms with Crippen LogP contribution in [0, 0.1) is 11.6 Å². The molecule has 0 saturated heterocycles. The van der Waals surface area contributed by atoms with E-state index in [0.717, 1.165) is 0 Å². The number of carbonyl (C=O) groups is 3. The highest BCUT2D eigenvalue weighted by atomic mass is 35.5. The van der Waals surface area contributed by atoms with Crippen LogP contribution in [0.5, 0.6) is 0 Å². The normalized spacial score (nSPS) is 10.6. The van der Waals surface area contributed by atoms with Crippen molar-refractivity contribution in [1.82, 2.24) is 25.7 Å². The van der Waals surface area contributed by atoms with Gasteiger partial charge in [-0.3, -0.25) is 19.5 Å². The van der Waals surface area contributed by atoms with E-state index in [-0.39, 0.29) is 40.4 Å². The summed E-state index contributed by atoms with van der Waals surface area (Å²) in [4.78, 5) is 34.8. The van der Waals surface area contributed by atoms with Gasteiger partial charge < -0.3 is 20.2 Å². The van der Waals surface area contributed by atoms with E-state index in [2.05, 4.69) is 31.0 Å². The molecule has 0 aliphatic carbocycles. The fourth-order valence-electron chi connectivity index (χ4n) is 2.20. The molecule has 30 heavy (non-hydrogen) atoms. The quantitative estimate of drug-likeness (QED) is 0.402. The molecule has 0 fully saturated rings. The maximum absolute atomic E-state index is 13.3. The van der Waals surface area contributed by atoms with Gasteiger partial charge in [-0.15, -0.1) is 10.2 Å². The lowest BCUT2D eigenvalue weighted by atomic mass is 10.2. The van der Waals surface area contributed by atoms with Gasteiger partial charge in [0, 0.05) is 6.07 Å². The van der Waals surface area contributed by atoms with Crippen molar-refractivity contribution in [3.63, 3.8) is 0 Å². The zero-order valence-electron chi connectivity index (χ0n) is 14.7. The summed E-state index contributed by atoms with van der Waals surface area (Å²) in [6, 6.07) is 2.49. The molecule has 0 aliphatic rings. The van der Waals surface area contributed by atoms with Crippen molar-refractivity contribution >= 4 is 35.2 Å². The van der Waals surface area contributed by atoms with Gasteiger partial charge in [0.2, 0.25) is 11.8 Å². The number of nitrogens with zero attached hydrogens (tertiary/aromatic N) is 3. The van der Waals surface area contributed by atoms with Crippen LogP contribution in [-0.2, 0) is 17.8 Å². The molecule has 0 spiro atoms. The molecule has 0 unspecified atom stereocenters. The summed E-state index contributed by atoms with van der Waals surface area (Å²) in [6.07, 6.45) is -0.453. The Morgan fingerprint density at radius 3 is 2.53 bits per heavy atom. The minimum absolute atomic E-state index is 0.00696. The molecule has 3 rings (SSSR count). The molecule has 11 nitrogen and oxygen atoms in total. The molecule has 2 amide bonds. The highest BCUT2D eigenvalue weighted by Gasteiger charge is 2.18. The number of H-pyrrole nitrogens is 1. The van der Waals surface area contributed by atoms with E-state index < -0.39 is 35.8 Å². The third kappa shape index (κ3) is 4.94. The van der Waals surface area contributed by atoms with Crippen molar-refractivity contribution in [1.29, 1.82) is 0 Å².